The summed E-state index contributed by atoms with van der Waals surface area (Å²) < 4.78 is 32.9. The smallest absolute Gasteiger partial charge is 0.247 e. The molecule has 1 fully saturated rings. The third kappa shape index (κ3) is 3.67. The Morgan fingerprint density at radius 2 is 1.83 bits per heavy atom. The molecule has 6 nitrogen and oxygen atoms in total. The Bertz CT molecular complexity index is 700. The lowest BCUT2D eigenvalue weighted by Crippen LogP contribution is -2.36. The Balaban J connectivity index is 2.37. The van der Waals surface area contributed by atoms with Gasteiger partial charge in [0.1, 0.15) is 10.6 Å². The summed E-state index contributed by atoms with van der Waals surface area (Å²) in [6, 6.07) is 3.58. The fourth-order valence-corrected chi connectivity index (χ4v) is 4.79. The maximum absolute atomic E-state index is 13.1. The maximum Gasteiger partial charge on any atom is 0.247 e. The summed E-state index contributed by atoms with van der Waals surface area (Å²) in [5, 5.41) is 0. The standard InChI is InChI=1S/C16H24N2O4S/c1-12-10-13(2)16(15(11-12)22-4)23(20,21)18-7-5-6-17(8-9-18)14(3)19/h10-11H,5-9H2,1-4H3. The van der Waals surface area contributed by atoms with E-state index >= 15 is 0 Å². The van der Waals surface area contributed by atoms with Crippen molar-refractivity contribution in [2.45, 2.75) is 32.1 Å². The topological polar surface area (TPSA) is 66.9 Å². The second kappa shape index (κ2) is 6.88. The number of carbonyl (C=O) groups is 1. The van der Waals surface area contributed by atoms with E-state index < -0.39 is 10.0 Å². The van der Waals surface area contributed by atoms with Crippen molar-refractivity contribution in [3.8, 4) is 5.75 Å². The van der Waals surface area contributed by atoms with Crippen molar-refractivity contribution in [2.24, 2.45) is 0 Å². The molecule has 0 radical (unpaired) electrons. The summed E-state index contributed by atoms with van der Waals surface area (Å²) in [7, 11) is -2.18. The number of sulfonamides is 1. The van der Waals surface area contributed by atoms with Crippen LogP contribution in [0.4, 0.5) is 0 Å². The van der Waals surface area contributed by atoms with E-state index in [2.05, 4.69) is 0 Å². The van der Waals surface area contributed by atoms with Gasteiger partial charge in [0, 0.05) is 33.1 Å². The third-order valence-corrected chi connectivity index (χ3v) is 6.19. The number of carbonyl (C=O) groups excluding carboxylic acids is 1. The second-order valence-electron chi connectivity index (χ2n) is 5.88. The summed E-state index contributed by atoms with van der Waals surface area (Å²) >= 11 is 0. The third-order valence-electron chi connectivity index (χ3n) is 4.10. The summed E-state index contributed by atoms with van der Waals surface area (Å²) in [6.45, 7) is 6.91. The Labute approximate surface area is 138 Å². The number of benzene rings is 1. The highest BCUT2D eigenvalue weighted by Gasteiger charge is 2.31. The first-order chi connectivity index (χ1) is 10.8. The second-order valence-corrected chi connectivity index (χ2v) is 7.75. The molecule has 0 aliphatic carbocycles. The lowest BCUT2D eigenvalue weighted by Gasteiger charge is -2.23. The molecule has 1 aromatic carbocycles. The van der Waals surface area contributed by atoms with Crippen LogP contribution in [0, 0.1) is 13.8 Å². The molecule has 0 spiro atoms. The van der Waals surface area contributed by atoms with Gasteiger partial charge in [-0.1, -0.05) is 6.07 Å². The van der Waals surface area contributed by atoms with Gasteiger partial charge in [-0.15, -0.1) is 0 Å². The molecule has 0 unspecified atom stereocenters. The van der Waals surface area contributed by atoms with Gasteiger partial charge in [-0.2, -0.15) is 4.31 Å². The van der Waals surface area contributed by atoms with Gasteiger partial charge in [0.05, 0.1) is 7.11 Å². The van der Waals surface area contributed by atoms with Crippen LogP contribution in [-0.4, -0.2) is 56.8 Å². The number of ether oxygens (including phenoxy) is 1. The van der Waals surface area contributed by atoms with E-state index in [1.165, 1.54) is 18.3 Å². The van der Waals surface area contributed by atoms with Crippen molar-refractivity contribution in [3.05, 3.63) is 23.3 Å². The van der Waals surface area contributed by atoms with Crippen LogP contribution in [0.1, 0.15) is 24.5 Å². The SMILES string of the molecule is COc1cc(C)cc(C)c1S(=O)(=O)N1CCCN(C(C)=O)CC1. The number of hydrogen-bond donors (Lipinski definition) is 0. The fraction of sp³-hybridized carbons (Fsp3) is 0.562. The number of amides is 1. The van der Waals surface area contributed by atoms with Crippen LogP contribution in [0.2, 0.25) is 0 Å². The minimum atomic E-state index is -3.65. The van der Waals surface area contributed by atoms with Crippen LogP contribution >= 0.6 is 0 Å². The minimum Gasteiger partial charge on any atom is -0.495 e. The molecule has 0 N–H and O–H groups in total. The van der Waals surface area contributed by atoms with E-state index in [-0.39, 0.29) is 10.8 Å². The van der Waals surface area contributed by atoms with Crippen molar-refractivity contribution in [1.82, 2.24) is 9.21 Å². The first kappa shape index (κ1) is 17.7. The molecule has 1 saturated heterocycles. The van der Waals surface area contributed by atoms with Crippen LogP contribution in [-0.2, 0) is 14.8 Å². The first-order valence-electron chi connectivity index (χ1n) is 7.68. The Morgan fingerprint density at radius 3 is 2.43 bits per heavy atom. The number of methoxy groups -OCH3 is 1. The molecule has 0 saturated carbocycles. The molecular formula is C16H24N2O4S. The summed E-state index contributed by atoms with van der Waals surface area (Å²) in [6.07, 6.45) is 0.631. The van der Waals surface area contributed by atoms with Crippen molar-refractivity contribution in [1.29, 1.82) is 0 Å². The van der Waals surface area contributed by atoms with E-state index in [0.717, 1.165) is 5.56 Å². The molecule has 7 heteroatoms. The van der Waals surface area contributed by atoms with Gasteiger partial charge in [0.2, 0.25) is 15.9 Å². The molecule has 1 amide bonds. The average Bonchev–Trinajstić information content (AvgIpc) is 2.72. The van der Waals surface area contributed by atoms with Crippen LogP contribution in [0.25, 0.3) is 0 Å². The predicted octanol–water partition coefficient (Wildman–Crippen LogP) is 1.55. The summed E-state index contributed by atoms with van der Waals surface area (Å²) in [5.41, 5.74) is 1.63. The molecule has 1 aromatic rings. The van der Waals surface area contributed by atoms with Crippen molar-refractivity contribution < 1.29 is 17.9 Å². The van der Waals surface area contributed by atoms with Crippen LogP contribution < -0.4 is 4.74 Å². The van der Waals surface area contributed by atoms with Crippen LogP contribution in [0.5, 0.6) is 5.75 Å². The number of aryl methyl sites for hydroxylation is 2. The highest BCUT2D eigenvalue weighted by Crippen LogP contribution is 2.31. The molecule has 2 rings (SSSR count). The molecule has 1 aliphatic rings. The Morgan fingerprint density at radius 1 is 1.13 bits per heavy atom. The fourth-order valence-electron chi connectivity index (χ4n) is 2.98. The normalized spacial score (nSPS) is 17.0. The minimum absolute atomic E-state index is 0.0201. The van der Waals surface area contributed by atoms with Crippen molar-refractivity contribution in [3.63, 3.8) is 0 Å². The molecule has 1 aliphatic heterocycles. The Hall–Kier alpha value is -1.60. The monoisotopic (exact) mass is 340 g/mol. The lowest BCUT2D eigenvalue weighted by atomic mass is 10.1. The van der Waals surface area contributed by atoms with Gasteiger partial charge in [-0.3, -0.25) is 4.79 Å². The lowest BCUT2D eigenvalue weighted by molar-refractivity contribution is -0.128. The molecule has 0 atom stereocenters. The van der Waals surface area contributed by atoms with E-state index in [9.17, 15) is 13.2 Å². The first-order valence-corrected chi connectivity index (χ1v) is 9.12. The van der Waals surface area contributed by atoms with Crippen LogP contribution in [0.3, 0.4) is 0 Å². The van der Waals surface area contributed by atoms with Gasteiger partial charge >= 0.3 is 0 Å². The molecule has 0 aromatic heterocycles. The highest BCUT2D eigenvalue weighted by atomic mass is 32.2. The zero-order valence-electron chi connectivity index (χ0n) is 14.1. The maximum atomic E-state index is 13.1. The molecular weight excluding hydrogens is 316 g/mol. The quantitative estimate of drug-likeness (QED) is 0.837. The predicted molar refractivity (Wildman–Crippen MR) is 88.1 cm³/mol. The number of nitrogens with zero attached hydrogens (tertiary/aromatic N) is 2. The zero-order chi connectivity index (χ0) is 17.2. The van der Waals surface area contributed by atoms with E-state index in [4.69, 9.17) is 4.74 Å². The molecule has 128 valence electrons. The van der Waals surface area contributed by atoms with Crippen molar-refractivity contribution >= 4 is 15.9 Å². The van der Waals surface area contributed by atoms with Gasteiger partial charge in [0.15, 0.2) is 0 Å². The molecule has 1 heterocycles. The van der Waals surface area contributed by atoms with E-state index in [1.807, 2.05) is 13.0 Å². The van der Waals surface area contributed by atoms with Crippen molar-refractivity contribution in [2.75, 3.05) is 33.3 Å². The Kier molecular flexibility index (Phi) is 5.31. The van der Waals surface area contributed by atoms with Gasteiger partial charge < -0.3 is 9.64 Å². The molecule has 23 heavy (non-hydrogen) atoms. The highest BCUT2D eigenvalue weighted by molar-refractivity contribution is 7.89. The summed E-state index contributed by atoms with van der Waals surface area (Å²) in [4.78, 5) is 13.4. The number of rotatable bonds is 3. The van der Waals surface area contributed by atoms with Gasteiger partial charge in [0.25, 0.3) is 0 Å². The van der Waals surface area contributed by atoms with Gasteiger partial charge in [-0.25, -0.2) is 8.42 Å². The van der Waals surface area contributed by atoms with Crippen LogP contribution in [0.15, 0.2) is 17.0 Å². The molecule has 0 bridgehead atoms. The van der Waals surface area contributed by atoms with E-state index in [0.29, 0.717) is 43.9 Å². The zero-order valence-corrected chi connectivity index (χ0v) is 14.9. The van der Waals surface area contributed by atoms with E-state index in [1.54, 1.807) is 17.9 Å². The van der Waals surface area contributed by atoms with Gasteiger partial charge in [-0.05, 0) is 37.5 Å². The largest absolute Gasteiger partial charge is 0.495 e. The average molecular weight is 340 g/mol. The summed E-state index contributed by atoms with van der Waals surface area (Å²) in [5.74, 6) is 0.350. The number of hydrogen-bond acceptors (Lipinski definition) is 4.